The third kappa shape index (κ3) is 2.13. The number of rotatable bonds is 3. The molecule has 0 spiro atoms. The molecule has 2 N–H and O–H groups in total. The molecule has 0 radical (unpaired) electrons. The molecule has 2 aromatic rings. The van der Waals surface area contributed by atoms with Gasteiger partial charge in [0, 0.05) is 36.6 Å². The number of aromatic nitrogens is 2. The number of carboxylic acid groups (broad SMARTS) is 1. The van der Waals surface area contributed by atoms with Crippen LogP contribution in [-0.2, 0) is 6.54 Å². The van der Waals surface area contributed by atoms with E-state index >= 15 is 0 Å². The molecule has 5 nitrogen and oxygen atoms in total. The first-order valence-electron chi connectivity index (χ1n) is 5.05. The Morgan fingerprint density at radius 3 is 3.19 bits per heavy atom. The predicted octanol–water partition coefficient (Wildman–Crippen LogP) is 1.69. The molecule has 5 heteroatoms. The lowest BCUT2D eigenvalue weighted by atomic mass is 10.3. The molecule has 0 aliphatic heterocycles. The van der Waals surface area contributed by atoms with Crippen LogP contribution in [0.15, 0.2) is 30.7 Å². The minimum absolute atomic E-state index is 0.124. The van der Waals surface area contributed by atoms with E-state index in [1.807, 2.05) is 29.8 Å². The van der Waals surface area contributed by atoms with E-state index < -0.39 is 6.09 Å². The number of carbonyl (C=O) groups is 1. The fourth-order valence-corrected chi connectivity index (χ4v) is 1.75. The zero-order valence-corrected chi connectivity index (χ0v) is 8.92. The first-order chi connectivity index (χ1) is 7.66. The van der Waals surface area contributed by atoms with Crippen molar-refractivity contribution in [3.8, 4) is 0 Å². The molecule has 0 saturated heterocycles. The highest BCUT2D eigenvalue weighted by Crippen LogP contribution is 2.13. The molecule has 2 heterocycles. The number of amides is 1. The quantitative estimate of drug-likeness (QED) is 0.825. The van der Waals surface area contributed by atoms with Crippen molar-refractivity contribution < 1.29 is 9.90 Å². The van der Waals surface area contributed by atoms with Gasteiger partial charge in [0.1, 0.15) is 0 Å². The summed E-state index contributed by atoms with van der Waals surface area (Å²) in [5.41, 5.74) is 1.06. The highest BCUT2D eigenvalue weighted by atomic mass is 16.4. The lowest BCUT2D eigenvalue weighted by Crippen LogP contribution is -2.34. The van der Waals surface area contributed by atoms with Gasteiger partial charge in [0.05, 0.1) is 5.52 Å². The first kappa shape index (κ1) is 10.5. The Bertz CT molecular complexity index is 507. The van der Waals surface area contributed by atoms with Crippen LogP contribution >= 0.6 is 0 Å². The number of pyridine rings is 1. The standard InChI is InChI=1S/C11H13N3O2/c1-8(13-11(15)16)7-14-5-3-9-6-12-4-2-10(9)14/h2-6,8,13H,7H2,1H3,(H,15,16). The van der Waals surface area contributed by atoms with Crippen molar-refractivity contribution in [2.24, 2.45) is 0 Å². The third-order valence-electron chi connectivity index (χ3n) is 2.41. The van der Waals surface area contributed by atoms with E-state index in [1.165, 1.54) is 0 Å². The summed E-state index contributed by atoms with van der Waals surface area (Å²) in [4.78, 5) is 14.5. The molecule has 16 heavy (non-hydrogen) atoms. The first-order valence-corrected chi connectivity index (χ1v) is 5.05. The second-order valence-corrected chi connectivity index (χ2v) is 3.75. The van der Waals surface area contributed by atoms with Crippen LogP contribution in [-0.4, -0.2) is 26.8 Å². The molecule has 0 saturated carbocycles. The second kappa shape index (κ2) is 4.22. The summed E-state index contributed by atoms with van der Waals surface area (Å²) >= 11 is 0. The molecule has 2 aromatic heterocycles. The predicted molar refractivity (Wildman–Crippen MR) is 60.4 cm³/mol. The fraction of sp³-hybridized carbons (Fsp3) is 0.273. The van der Waals surface area contributed by atoms with Gasteiger partial charge in [-0.15, -0.1) is 0 Å². The molecular weight excluding hydrogens is 206 g/mol. The Balaban J connectivity index is 2.18. The summed E-state index contributed by atoms with van der Waals surface area (Å²) in [7, 11) is 0. The molecule has 0 aliphatic carbocycles. The second-order valence-electron chi connectivity index (χ2n) is 3.75. The van der Waals surface area contributed by atoms with Crippen LogP contribution in [0.25, 0.3) is 10.9 Å². The maximum atomic E-state index is 10.5. The maximum Gasteiger partial charge on any atom is 0.404 e. The maximum absolute atomic E-state index is 10.5. The van der Waals surface area contributed by atoms with Crippen LogP contribution < -0.4 is 5.32 Å². The van der Waals surface area contributed by atoms with Crippen LogP contribution in [0, 0.1) is 0 Å². The molecule has 0 aromatic carbocycles. The lowest BCUT2D eigenvalue weighted by Gasteiger charge is -2.13. The van der Waals surface area contributed by atoms with E-state index in [0.29, 0.717) is 6.54 Å². The van der Waals surface area contributed by atoms with Crippen LogP contribution in [0.2, 0.25) is 0 Å². The van der Waals surface area contributed by atoms with Gasteiger partial charge in [0.25, 0.3) is 0 Å². The van der Waals surface area contributed by atoms with Crippen molar-refractivity contribution >= 4 is 17.0 Å². The van der Waals surface area contributed by atoms with Gasteiger partial charge in [0.2, 0.25) is 0 Å². The zero-order chi connectivity index (χ0) is 11.5. The third-order valence-corrected chi connectivity index (χ3v) is 2.41. The van der Waals surface area contributed by atoms with Crippen molar-refractivity contribution in [1.82, 2.24) is 14.9 Å². The summed E-state index contributed by atoms with van der Waals surface area (Å²) < 4.78 is 2.01. The summed E-state index contributed by atoms with van der Waals surface area (Å²) in [5.74, 6) is 0. The molecular formula is C11H13N3O2. The Morgan fingerprint density at radius 2 is 2.44 bits per heavy atom. The summed E-state index contributed by atoms with van der Waals surface area (Å²) in [6, 6.07) is 3.76. The van der Waals surface area contributed by atoms with Gasteiger partial charge in [0.15, 0.2) is 0 Å². The minimum atomic E-state index is -0.995. The Labute approximate surface area is 92.7 Å². The van der Waals surface area contributed by atoms with Gasteiger partial charge < -0.3 is 15.0 Å². The van der Waals surface area contributed by atoms with E-state index in [2.05, 4.69) is 10.3 Å². The number of nitrogens with one attached hydrogen (secondary N) is 1. The minimum Gasteiger partial charge on any atom is -0.465 e. The molecule has 1 amide bonds. The largest absolute Gasteiger partial charge is 0.465 e. The van der Waals surface area contributed by atoms with Gasteiger partial charge in [-0.2, -0.15) is 0 Å². The zero-order valence-electron chi connectivity index (χ0n) is 8.92. The van der Waals surface area contributed by atoms with E-state index in [4.69, 9.17) is 5.11 Å². The van der Waals surface area contributed by atoms with Crippen molar-refractivity contribution in [1.29, 1.82) is 0 Å². The van der Waals surface area contributed by atoms with Crippen LogP contribution in [0.1, 0.15) is 6.92 Å². The Morgan fingerprint density at radius 1 is 1.62 bits per heavy atom. The van der Waals surface area contributed by atoms with Gasteiger partial charge in [-0.1, -0.05) is 0 Å². The SMILES string of the molecule is CC(Cn1ccc2cnccc21)NC(=O)O. The molecule has 2 rings (SSSR count). The fourth-order valence-electron chi connectivity index (χ4n) is 1.75. The number of fused-ring (bicyclic) bond motifs is 1. The molecule has 0 fully saturated rings. The number of hydrogen-bond acceptors (Lipinski definition) is 2. The topological polar surface area (TPSA) is 67.2 Å². The lowest BCUT2D eigenvalue weighted by molar-refractivity contribution is 0.189. The highest BCUT2D eigenvalue weighted by Gasteiger charge is 2.07. The normalized spacial score (nSPS) is 12.6. The van der Waals surface area contributed by atoms with E-state index in [0.717, 1.165) is 10.9 Å². The van der Waals surface area contributed by atoms with Crippen LogP contribution in [0.3, 0.4) is 0 Å². The smallest absolute Gasteiger partial charge is 0.404 e. The monoisotopic (exact) mass is 219 g/mol. The molecule has 1 atom stereocenters. The van der Waals surface area contributed by atoms with E-state index in [-0.39, 0.29) is 6.04 Å². The van der Waals surface area contributed by atoms with Gasteiger partial charge in [-0.25, -0.2) is 4.79 Å². The summed E-state index contributed by atoms with van der Waals surface area (Å²) in [6.07, 6.45) is 4.47. The Hall–Kier alpha value is -2.04. The number of nitrogens with zero attached hydrogens (tertiary/aromatic N) is 2. The average molecular weight is 219 g/mol. The molecule has 84 valence electrons. The van der Waals surface area contributed by atoms with Crippen LogP contribution in [0.4, 0.5) is 4.79 Å². The Kier molecular flexibility index (Phi) is 2.76. The molecule has 1 unspecified atom stereocenters. The van der Waals surface area contributed by atoms with Crippen molar-refractivity contribution in [2.45, 2.75) is 19.5 Å². The van der Waals surface area contributed by atoms with Crippen LogP contribution in [0.5, 0.6) is 0 Å². The molecule has 0 aliphatic rings. The summed E-state index contributed by atoms with van der Waals surface area (Å²) in [5, 5.41) is 12.1. The highest BCUT2D eigenvalue weighted by molar-refractivity contribution is 5.78. The molecule has 0 bridgehead atoms. The number of hydrogen-bond donors (Lipinski definition) is 2. The van der Waals surface area contributed by atoms with Crippen molar-refractivity contribution in [3.63, 3.8) is 0 Å². The van der Waals surface area contributed by atoms with E-state index in [1.54, 1.807) is 12.4 Å². The van der Waals surface area contributed by atoms with Crippen molar-refractivity contribution in [2.75, 3.05) is 0 Å². The summed E-state index contributed by atoms with van der Waals surface area (Å²) in [6.45, 7) is 2.45. The van der Waals surface area contributed by atoms with Crippen molar-refractivity contribution in [3.05, 3.63) is 30.7 Å². The van der Waals surface area contributed by atoms with Gasteiger partial charge in [-0.05, 0) is 19.1 Å². The van der Waals surface area contributed by atoms with Gasteiger partial charge >= 0.3 is 6.09 Å². The van der Waals surface area contributed by atoms with Gasteiger partial charge in [-0.3, -0.25) is 4.98 Å². The van der Waals surface area contributed by atoms with E-state index in [9.17, 15) is 4.79 Å². The average Bonchev–Trinajstić information content (AvgIpc) is 2.61.